The molecule has 96 valence electrons. The summed E-state index contributed by atoms with van der Waals surface area (Å²) in [6.45, 7) is 3.56. The van der Waals surface area contributed by atoms with E-state index in [0.29, 0.717) is 0 Å². The highest BCUT2D eigenvalue weighted by Gasteiger charge is 2.66. The van der Waals surface area contributed by atoms with Gasteiger partial charge in [-0.25, -0.2) is 0 Å². The molecule has 1 heteroatoms. The molecular formula is C16H27N. The topological polar surface area (TPSA) is 12.0 Å². The van der Waals surface area contributed by atoms with Gasteiger partial charge in [0, 0.05) is 6.04 Å². The first-order chi connectivity index (χ1) is 8.38. The van der Waals surface area contributed by atoms with Crippen LogP contribution >= 0.6 is 0 Å². The van der Waals surface area contributed by atoms with Crippen molar-refractivity contribution in [3.8, 4) is 0 Å². The molecule has 0 heterocycles. The van der Waals surface area contributed by atoms with Crippen molar-refractivity contribution in [2.24, 2.45) is 35.5 Å². The van der Waals surface area contributed by atoms with Crippen LogP contribution in [0.2, 0.25) is 0 Å². The van der Waals surface area contributed by atoms with E-state index in [2.05, 4.69) is 12.2 Å². The van der Waals surface area contributed by atoms with Gasteiger partial charge >= 0.3 is 0 Å². The zero-order valence-electron chi connectivity index (χ0n) is 11.2. The minimum atomic E-state index is 0.904. The monoisotopic (exact) mass is 233 g/mol. The van der Waals surface area contributed by atoms with Crippen molar-refractivity contribution in [1.82, 2.24) is 5.32 Å². The van der Waals surface area contributed by atoms with Gasteiger partial charge < -0.3 is 5.32 Å². The molecule has 5 atom stereocenters. The molecule has 4 fully saturated rings. The van der Waals surface area contributed by atoms with Crippen LogP contribution in [0.3, 0.4) is 0 Å². The standard InChI is InChI=1S/C16H27N/c1-2-7-17-13(8-10-3-4-10)16-14-11-5-6-12(9-11)15(14)16/h10-17H,2-9H2,1H3. The molecule has 0 radical (unpaired) electrons. The predicted octanol–water partition coefficient (Wildman–Crippen LogP) is 3.45. The van der Waals surface area contributed by atoms with Crippen LogP contribution in [0, 0.1) is 35.5 Å². The second kappa shape index (κ2) is 3.98. The second-order valence-corrected chi connectivity index (χ2v) is 7.30. The van der Waals surface area contributed by atoms with Gasteiger partial charge in [-0.1, -0.05) is 19.8 Å². The summed E-state index contributed by atoms with van der Waals surface area (Å²) in [6.07, 6.45) is 10.6. The van der Waals surface area contributed by atoms with Crippen molar-refractivity contribution in [3.63, 3.8) is 0 Å². The van der Waals surface area contributed by atoms with Crippen molar-refractivity contribution in [1.29, 1.82) is 0 Å². The molecule has 5 unspecified atom stereocenters. The first kappa shape index (κ1) is 10.8. The van der Waals surface area contributed by atoms with Crippen molar-refractivity contribution in [2.75, 3.05) is 6.54 Å². The molecule has 0 aromatic heterocycles. The van der Waals surface area contributed by atoms with Crippen LogP contribution < -0.4 is 5.32 Å². The zero-order valence-corrected chi connectivity index (χ0v) is 11.2. The van der Waals surface area contributed by atoms with E-state index in [1.165, 1.54) is 44.1 Å². The van der Waals surface area contributed by atoms with Crippen LogP contribution in [0.5, 0.6) is 0 Å². The van der Waals surface area contributed by atoms with E-state index < -0.39 is 0 Å². The fourth-order valence-corrected chi connectivity index (χ4v) is 5.35. The molecule has 4 rings (SSSR count). The van der Waals surface area contributed by atoms with Gasteiger partial charge in [-0.2, -0.15) is 0 Å². The Morgan fingerprint density at radius 2 is 1.76 bits per heavy atom. The summed E-state index contributed by atoms with van der Waals surface area (Å²) >= 11 is 0. The van der Waals surface area contributed by atoms with Crippen LogP contribution in [0.25, 0.3) is 0 Å². The molecule has 0 aromatic carbocycles. The Morgan fingerprint density at radius 3 is 2.35 bits per heavy atom. The molecule has 0 spiro atoms. The average Bonchev–Trinajstić information content (AvgIpc) is 3.23. The molecule has 2 bridgehead atoms. The summed E-state index contributed by atoms with van der Waals surface area (Å²) in [5.74, 6) is 6.85. The van der Waals surface area contributed by atoms with Gasteiger partial charge in [0.1, 0.15) is 0 Å². The number of hydrogen-bond acceptors (Lipinski definition) is 1. The van der Waals surface area contributed by atoms with Crippen LogP contribution in [-0.2, 0) is 0 Å². The molecule has 17 heavy (non-hydrogen) atoms. The molecular weight excluding hydrogens is 206 g/mol. The van der Waals surface area contributed by atoms with Gasteiger partial charge in [0.05, 0.1) is 0 Å². The number of fused-ring (bicyclic) bond motifs is 5. The van der Waals surface area contributed by atoms with E-state index in [1.54, 1.807) is 19.3 Å². The lowest BCUT2D eigenvalue weighted by molar-refractivity contribution is 0.338. The third-order valence-corrected chi connectivity index (χ3v) is 6.20. The van der Waals surface area contributed by atoms with Gasteiger partial charge in [-0.05, 0) is 74.2 Å². The second-order valence-electron chi connectivity index (χ2n) is 7.30. The molecule has 4 aliphatic carbocycles. The maximum absolute atomic E-state index is 3.90. The van der Waals surface area contributed by atoms with E-state index in [1.807, 2.05) is 0 Å². The first-order valence-electron chi connectivity index (χ1n) is 8.12. The average molecular weight is 233 g/mol. The van der Waals surface area contributed by atoms with Crippen LogP contribution in [0.4, 0.5) is 0 Å². The summed E-state index contributed by atoms with van der Waals surface area (Å²) in [7, 11) is 0. The fourth-order valence-electron chi connectivity index (χ4n) is 5.35. The van der Waals surface area contributed by atoms with Crippen molar-refractivity contribution in [3.05, 3.63) is 0 Å². The molecule has 0 aromatic rings. The third-order valence-electron chi connectivity index (χ3n) is 6.20. The highest BCUT2D eigenvalue weighted by atomic mass is 15.0. The lowest BCUT2D eigenvalue weighted by Crippen LogP contribution is -2.34. The summed E-state index contributed by atoms with van der Waals surface area (Å²) < 4.78 is 0. The quantitative estimate of drug-likeness (QED) is 0.741. The maximum Gasteiger partial charge on any atom is 0.0104 e. The molecule has 4 aliphatic rings. The normalized spacial score (nSPS) is 48.2. The Kier molecular flexibility index (Phi) is 2.54. The SMILES string of the molecule is CCCNC(CC1CC1)C1C2C3CCC(C3)C21. The predicted molar refractivity (Wildman–Crippen MR) is 70.7 cm³/mol. The Balaban J connectivity index is 1.41. The Morgan fingerprint density at radius 1 is 1.06 bits per heavy atom. The summed E-state index contributed by atoms with van der Waals surface area (Å²) in [5.41, 5.74) is 0. The smallest absolute Gasteiger partial charge is 0.0104 e. The zero-order chi connectivity index (χ0) is 11.4. The number of nitrogens with one attached hydrogen (secondary N) is 1. The Labute approximate surface area is 106 Å². The van der Waals surface area contributed by atoms with Gasteiger partial charge in [-0.3, -0.25) is 0 Å². The van der Waals surface area contributed by atoms with E-state index in [-0.39, 0.29) is 0 Å². The Bertz CT molecular complexity index is 280. The van der Waals surface area contributed by atoms with E-state index >= 15 is 0 Å². The molecule has 4 saturated carbocycles. The summed E-state index contributed by atoms with van der Waals surface area (Å²) in [4.78, 5) is 0. The van der Waals surface area contributed by atoms with Crippen molar-refractivity contribution in [2.45, 2.75) is 57.9 Å². The highest BCUT2D eigenvalue weighted by molar-refractivity contribution is 5.16. The van der Waals surface area contributed by atoms with E-state index in [4.69, 9.17) is 0 Å². The first-order valence-corrected chi connectivity index (χ1v) is 8.12. The lowest BCUT2D eigenvalue weighted by atomic mass is 9.94. The highest BCUT2D eigenvalue weighted by Crippen LogP contribution is 2.70. The minimum Gasteiger partial charge on any atom is -0.314 e. The molecule has 0 aliphatic heterocycles. The summed E-state index contributed by atoms with van der Waals surface area (Å²) in [5, 5.41) is 3.90. The molecule has 1 nitrogen and oxygen atoms in total. The molecule has 0 amide bonds. The molecule has 0 saturated heterocycles. The van der Waals surface area contributed by atoms with Crippen molar-refractivity contribution < 1.29 is 0 Å². The van der Waals surface area contributed by atoms with Crippen LogP contribution in [0.1, 0.15) is 51.9 Å². The summed E-state index contributed by atoms with van der Waals surface area (Å²) in [6, 6.07) is 0.904. The van der Waals surface area contributed by atoms with Crippen LogP contribution in [-0.4, -0.2) is 12.6 Å². The van der Waals surface area contributed by atoms with E-state index in [9.17, 15) is 0 Å². The number of hydrogen-bond donors (Lipinski definition) is 1. The lowest BCUT2D eigenvalue weighted by Gasteiger charge is -2.21. The molecule has 1 N–H and O–H groups in total. The van der Waals surface area contributed by atoms with Gasteiger partial charge in [0.15, 0.2) is 0 Å². The van der Waals surface area contributed by atoms with Gasteiger partial charge in [0.2, 0.25) is 0 Å². The Hall–Kier alpha value is -0.0400. The third kappa shape index (κ3) is 1.77. The maximum atomic E-state index is 3.90. The van der Waals surface area contributed by atoms with Gasteiger partial charge in [-0.15, -0.1) is 0 Å². The van der Waals surface area contributed by atoms with E-state index in [0.717, 1.165) is 29.7 Å². The van der Waals surface area contributed by atoms with Gasteiger partial charge in [0.25, 0.3) is 0 Å². The number of rotatable bonds is 6. The largest absolute Gasteiger partial charge is 0.314 e. The fraction of sp³-hybridized carbons (Fsp3) is 1.00. The minimum absolute atomic E-state index is 0.904. The van der Waals surface area contributed by atoms with Crippen LogP contribution in [0.15, 0.2) is 0 Å². The van der Waals surface area contributed by atoms with Crippen molar-refractivity contribution >= 4 is 0 Å².